The average molecular weight is 385 g/mol. The lowest BCUT2D eigenvalue weighted by Gasteiger charge is -2.08. The first-order valence-corrected chi connectivity index (χ1v) is 8.81. The molecule has 3 heterocycles. The molecule has 0 atom stereocenters. The Morgan fingerprint density at radius 3 is 3.00 bits per heavy atom. The largest absolute Gasteiger partial charge is 0.421 e. The fourth-order valence-electron chi connectivity index (χ4n) is 2.32. The third-order valence-corrected chi connectivity index (χ3v) is 4.32. The van der Waals surface area contributed by atoms with Crippen LogP contribution in [-0.4, -0.2) is 36.3 Å². The highest BCUT2D eigenvalue weighted by Crippen LogP contribution is 2.21. The molecule has 27 heavy (non-hydrogen) atoms. The van der Waals surface area contributed by atoms with Crippen molar-refractivity contribution in [3.8, 4) is 17.1 Å². The topological polar surface area (TPSA) is 112 Å². The van der Waals surface area contributed by atoms with E-state index in [4.69, 9.17) is 4.42 Å². The first-order chi connectivity index (χ1) is 13.2. The van der Waals surface area contributed by atoms with Crippen molar-refractivity contribution in [1.82, 2.24) is 30.4 Å². The molecule has 0 aliphatic carbocycles. The number of hydrogen-bond acceptors (Lipinski definition) is 8. The van der Waals surface area contributed by atoms with Crippen molar-refractivity contribution in [3.63, 3.8) is 0 Å². The van der Waals surface area contributed by atoms with E-state index >= 15 is 0 Å². The molecule has 4 rings (SSSR count). The smallest absolute Gasteiger partial charge is 0.248 e. The first kappa shape index (κ1) is 17.0. The van der Waals surface area contributed by atoms with Gasteiger partial charge in [-0.15, -0.1) is 15.3 Å². The fraction of sp³-hybridized carbons (Fsp3) is 0.125. The number of nitrogens with zero attached hydrogens (tertiary/aromatic N) is 6. The predicted molar refractivity (Wildman–Crippen MR) is 93.7 cm³/mol. The van der Waals surface area contributed by atoms with E-state index in [1.807, 2.05) is 16.8 Å². The Bertz CT molecular complexity index is 1050. The van der Waals surface area contributed by atoms with Gasteiger partial charge in [-0.2, -0.15) is 11.3 Å². The third kappa shape index (κ3) is 3.87. The van der Waals surface area contributed by atoms with E-state index in [1.165, 1.54) is 40.5 Å². The molecule has 136 valence electrons. The van der Waals surface area contributed by atoms with Crippen LogP contribution in [0.5, 0.6) is 0 Å². The van der Waals surface area contributed by atoms with E-state index in [-0.39, 0.29) is 24.4 Å². The third-order valence-electron chi connectivity index (χ3n) is 3.64. The van der Waals surface area contributed by atoms with Crippen molar-refractivity contribution in [3.05, 3.63) is 53.1 Å². The van der Waals surface area contributed by atoms with E-state index in [0.29, 0.717) is 17.5 Å². The number of aryl methyl sites for hydroxylation is 1. The van der Waals surface area contributed by atoms with Gasteiger partial charge < -0.3 is 9.73 Å². The lowest BCUT2D eigenvalue weighted by molar-refractivity contribution is -0.116. The second-order valence-electron chi connectivity index (χ2n) is 5.48. The van der Waals surface area contributed by atoms with Gasteiger partial charge in [0.15, 0.2) is 0 Å². The van der Waals surface area contributed by atoms with Gasteiger partial charge in [-0.1, -0.05) is 0 Å². The van der Waals surface area contributed by atoms with Crippen LogP contribution in [-0.2, 0) is 11.2 Å². The Hall–Kier alpha value is -3.47. The van der Waals surface area contributed by atoms with Gasteiger partial charge >= 0.3 is 0 Å². The van der Waals surface area contributed by atoms with Crippen LogP contribution in [0.3, 0.4) is 0 Å². The molecule has 0 aliphatic rings. The molecular weight excluding hydrogens is 373 g/mol. The van der Waals surface area contributed by atoms with E-state index in [0.717, 1.165) is 5.56 Å². The lowest BCUT2D eigenvalue weighted by Crippen LogP contribution is -2.14. The zero-order valence-electron chi connectivity index (χ0n) is 13.7. The zero-order valence-corrected chi connectivity index (χ0v) is 14.6. The van der Waals surface area contributed by atoms with Crippen molar-refractivity contribution in [2.45, 2.75) is 12.8 Å². The van der Waals surface area contributed by atoms with E-state index in [1.54, 1.807) is 0 Å². The summed E-state index contributed by atoms with van der Waals surface area (Å²) in [6.07, 6.45) is 1.69. The lowest BCUT2D eigenvalue weighted by atomic mass is 10.2. The van der Waals surface area contributed by atoms with Crippen molar-refractivity contribution < 1.29 is 13.6 Å². The normalized spacial score (nSPS) is 10.9. The second-order valence-corrected chi connectivity index (χ2v) is 6.26. The Balaban J connectivity index is 1.39. The first-order valence-electron chi connectivity index (χ1n) is 7.87. The number of amides is 1. The Labute approximate surface area is 155 Å². The summed E-state index contributed by atoms with van der Waals surface area (Å²) < 4.78 is 20.9. The van der Waals surface area contributed by atoms with Crippen LogP contribution in [0.4, 0.5) is 10.1 Å². The molecule has 0 saturated carbocycles. The monoisotopic (exact) mass is 385 g/mol. The number of tetrazole rings is 1. The van der Waals surface area contributed by atoms with Gasteiger partial charge in [0.2, 0.25) is 17.7 Å². The quantitative estimate of drug-likeness (QED) is 0.543. The van der Waals surface area contributed by atoms with E-state index in [9.17, 15) is 9.18 Å². The number of benzene rings is 1. The summed E-state index contributed by atoms with van der Waals surface area (Å²) in [6.45, 7) is 0. The number of carbonyl (C=O) groups is 1. The molecule has 1 N–H and O–H groups in total. The number of halogens is 1. The van der Waals surface area contributed by atoms with E-state index in [2.05, 4.69) is 31.0 Å². The maximum absolute atomic E-state index is 14.0. The standard InChI is InChI=1S/C16H12FN7O2S/c17-12-2-1-11(24-9-18-22-23-24)7-13(12)19-14(25)3-4-15-20-21-16(26-15)10-5-6-27-8-10/h1-2,5-9H,3-4H2,(H,19,25). The predicted octanol–water partition coefficient (Wildman–Crippen LogP) is 2.48. The molecule has 4 aromatic rings. The molecule has 0 saturated heterocycles. The van der Waals surface area contributed by atoms with Crippen LogP contribution < -0.4 is 5.32 Å². The van der Waals surface area contributed by atoms with Crippen molar-refractivity contribution >= 4 is 22.9 Å². The molecule has 0 radical (unpaired) electrons. The molecule has 0 aliphatic heterocycles. The van der Waals surface area contributed by atoms with E-state index < -0.39 is 5.82 Å². The number of nitrogens with one attached hydrogen (secondary N) is 1. The molecule has 0 spiro atoms. The maximum atomic E-state index is 14.0. The summed E-state index contributed by atoms with van der Waals surface area (Å²) in [5.41, 5.74) is 1.40. The van der Waals surface area contributed by atoms with Gasteiger partial charge in [-0.05, 0) is 40.1 Å². The minimum Gasteiger partial charge on any atom is -0.421 e. The van der Waals surface area contributed by atoms with Gasteiger partial charge in [0.05, 0.1) is 11.4 Å². The van der Waals surface area contributed by atoms with Crippen molar-refractivity contribution in [1.29, 1.82) is 0 Å². The van der Waals surface area contributed by atoms with Gasteiger partial charge in [0.1, 0.15) is 12.1 Å². The molecule has 1 amide bonds. The summed E-state index contributed by atoms with van der Waals surface area (Å²) in [5, 5.41) is 25.0. The van der Waals surface area contributed by atoms with Crippen molar-refractivity contribution in [2.24, 2.45) is 0 Å². The highest BCUT2D eigenvalue weighted by molar-refractivity contribution is 7.08. The van der Waals surface area contributed by atoms with Crippen LogP contribution in [0.1, 0.15) is 12.3 Å². The number of thiophene rings is 1. The number of anilines is 1. The van der Waals surface area contributed by atoms with Gasteiger partial charge in [-0.25, -0.2) is 9.07 Å². The summed E-state index contributed by atoms with van der Waals surface area (Å²) in [7, 11) is 0. The minimum absolute atomic E-state index is 0.0393. The number of carbonyl (C=O) groups excluding carboxylic acids is 1. The Morgan fingerprint density at radius 1 is 1.30 bits per heavy atom. The molecule has 0 unspecified atom stereocenters. The highest BCUT2D eigenvalue weighted by atomic mass is 32.1. The molecule has 1 aromatic carbocycles. The maximum Gasteiger partial charge on any atom is 0.248 e. The molecule has 3 aromatic heterocycles. The van der Waals surface area contributed by atoms with Crippen LogP contribution in [0.15, 0.2) is 45.8 Å². The molecule has 0 bridgehead atoms. The fourth-order valence-corrected chi connectivity index (χ4v) is 2.95. The van der Waals surface area contributed by atoms with Gasteiger partial charge in [0.25, 0.3) is 0 Å². The number of hydrogen-bond donors (Lipinski definition) is 1. The Kier molecular flexibility index (Phi) is 4.66. The number of rotatable bonds is 6. The van der Waals surface area contributed by atoms with Gasteiger partial charge in [0, 0.05) is 23.8 Å². The highest BCUT2D eigenvalue weighted by Gasteiger charge is 2.13. The van der Waals surface area contributed by atoms with Crippen LogP contribution in [0, 0.1) is 5.82 Å². The minimum atomic E-state index is -0.558. The number of aromatic nitrogens is 6. The van der Waals surface area contributed by atoms with Crippen LogP contribution in [0.25, 0.3) is 17.1 Å². The van der Waals surface area contributed by atoms with Crippen molar-refractivity contribution in [2.75, 3.05) is 5.32 Å². The average Bonchev–Trinajstić information content (AvgIpc) is 3.42. The van der Waals surface area contributed by atoms with Crippen LogP contribution in [0.2, 0.25) is 0 Å². The Morgan fingerprint density at radius 2 is 2.22 bits per heavy atom. The summed E-state index contributed by atoms with van der Waals surface area (Å²) in [4.78, 5) is 12.2. The molecule has 9 nitrogen and oxygen atoms in total. The summed E-state index contributed by atoms with van der Waals surface area (Å²) >= 11 is 1.52. The summed E-state index contributed by atoms with van der Waals surface area (Å²) in [6, 6.07) is 6.06. The molecule has 11 heteroatoms. The SMILES string of the molecule is O=C(CCc1nnc(-c2ccsc2)o1)Nc1cc(-n2cnnn2)ccc1F. The second kappa shape index (κ2) is 7.41. The van der Waals surface area contributed by atoms with Crippen LogP contribution >= 0.6 is 11.3 Å². The molecular formula is C16H12FN7O2S. The molecule has 0 fully saturated rings. The van der Waals surface area contributed by atoms with Gasteiger partial charge in [-0.3, -0.25) is 4.79 Å². The zero-order chi connectivity index (χ0) is 18.6. The summed E-state index contributed by atoms with van der Waals surface area (Å²) in [5.74, 6) is -0.183.